The van der Waals surface area contributed by atoms with Crippen LogP contribution in [0.25, 0.3) is 0 Å². The zero-order valence-electron chi connectivity index (χ0n) is 15.1. The molecule has 1 aromatic rings. The molecule has 1 aromatic carbocycles. The van der Waals surface area contributed by atoms with Gasteiger partial charge in [0.15, 0.2) is 11.7 Å². The highest BCUT2D eigenvalue weighted by Crippen LogP contribution is 2.35. The lowest BCUT2D eigenvalue weighted by Gasteiger charge is -2.21. The first kappa shape index (κ1) is 25.4. The number of hydrogen-bond donors (Lipinski definition) is 3. The van der Waals surface area contributed by atoms with E-state index in [0.717, 1.165) is 0 Å². The molecule has 0 radical (unpaired) electrons. The Bertz CT molecular complexity index is 613. The summed E-state index contributed by atoms with van der Waals surface area (Å²) in [5, 5.41) is 9.94. The Labute approximate surface area is 186 Å². The van der Waals surface area contributed by atoms with Crippen LogP contribution in [0.15, 0.2) is 17.1 Å². The number of amides is 1. The monoisotopic (exact) mass is 536 g/mol. The van der Waals surface area contributed by atoms with Crippen LogP contribution < -0.4 is 20.7 Å². The SMILES string of the molecule is CN=C(NCCOc1c(Cl)cc(Cl)cc1Cl)NCC(=O)NC(C)(C)C.I. The molecule has 0 saturated carbocycles. The molecule has 0 unspecified atom stereocenters. The molecule has 0 spiro atoms. The molecule has 10 heteroatoms. The van der Waals surface area contributed by atoms with Crippen molar-refractivity contribution >= 4 is 70.6 Å². The summed E-state index contributed by atoms with van der Waals surface area (Å²) in [6.45, 7) is 6.62. The molecule has 0 saturated heterocycles. The number of aliphatic imine (C=N–C) groups is 1. The van der Waals surface area contributed by atoms with Crippen LogP contribution in [0.2, 0.25) is 15.1 Å². The number of rotatable bonds is 6. The van der Waals surface area contributed by atoms with Crippen molar-refractivity contribution in [3.63, 3.8) is 0 Å². The zero-order chi connectivity index (χ0) is 19.0. The molecule has 1 amide bonds. The van der Waals surface area contributed by atoms with Crippen molar-refractivity contribution < 1.29 is 9.53 Å². The molecular weight excluding hydrogens is 513 g/mol. The Morgan fingerprint density at radius 1 is 1.15 bits per heavy atom. The summed E-state index contributed by atoms with van der Waals surface area (Å²) in [6, 6.07) is 3.12. The average molecular weight is 538 g/mol. The number of guanidine groups is 1. The summed E-state index contributed by atoms with van der Waals surface area (Å²) in [6.07, 6.45) is 0. The van der Waals surface area contributed by atoms with Gasteiger partial charge in [0.25, 0.3) is 0 Å². The van der Waals surface area contributed by atoms with E-state index >= 15 is 0 Å². The van der Waals surface area contributed by atoms with Crippen molar-refractivity contribution in [2.75, 3.05) is 26.7 Å². The summed E-state index contributed by atoms with van der Waals surface area (Å²) in [5.74, 6) is 0.745. The van der Waals surface area contributed by atoms with Crippen LogP contribution in [0.4, 0.5) is 0 Å². The van der Waals surface area contributed by atoms with Crippen LogP contribution in [0, 0.1) is 0 Å². The van der Waals surface area contributed by atoms with Crippen LogP contribution in [-0.2, 0) is 4.79 Å². The van der Waals surface area contributed by atoms with E-state index in [9.17, 15) is 4.79 Å². The topological polar surface area (TPSA) is 74.8 Å². The van der Waals surface area contributed by atoms with Crippen molar-refractivity contribution in [2.24, 2.45) is 4.99 Å². The van der Waals surface area contributed by atoms with Crippen molar-refractivity contribution in [2.45, 2.75) is 26.3 Å². The van der Waals surface area contributed by atoms with Crippen molar-refractivity contribution in [3.8, 4) is 5.75 Å². The molecule has 26 heavy (non-hydrogen) atoms. The highest BCUT2D eigenvalue weighted by atomic mass is 127. The van der Waals surface area contributed by atoms with Crippen molar-refractivity contribution in [1.82, 2.24) is 16.0 Å². The maximum Gasteiger partial charge on any atom is 0.239 e. The number of halogens is 4. The molecule has 0 atom stereocenters. The van der Waals surface area contributed by atoms with Gasteiger partial charge in [0, 0.05) is 17.6 Å². The fraction of sp³-hybridized carbons (Fsp3) is 0.500. The van der Waals surface area contributed by atoms with Crippen LogP contribution in [0.3, 0.4) is 0 Å². The van der Waals surface area contributed by atoms with E-state index < -0.39 is 0 Å². The fourth-order valence-corrected chi connectivity index (χ4v) is 2.76. The first-order valence-corrected chi connectivity index (χ1v) is 8.78. The highest BCUT2D eigenvalue weighted by molar-refractivity contribution is 14.0. The molecule has 0 aromatic heterocycles. The third kappa shape index (κ3) is 9.89. The van der Waals surface area contributed by atoms with Gasteiger partial charge >= 0.3 is 0 Å². The zero-order valence-corrected chi connectivity index (χ0v) is 19.7. The van der Waals surface area contributed by atoms with Gasteiger partial charge in [-0.15, -0.1) is 24.0 Å². The Morgan fingerprint density at radius 3 is 2.23 bits per heavy atom. The molecule has 0 heterocycles. The van der Waals surface area contributed by atoms with Gasteiger partial charge in [-0.25, -0.2) is 0 Å². The van der Waals surface area contributed by atoms with E-state index in [1.54, 1.807) is 19.2 Å². The van der Waals surface area contributed by atoms with E-state index in [-0.39, 0.29) is 42.0 Å². The molecule has 0 aliphatic carbocycles. The summed E-state index contributed by atoms with van der Waals surface area (Å²) in [7, 11) is 1.62. The maximum absolute atomic E-state index is 11.8. The summed E-state index contributed by atoms with van der Waals surface area (Å²) >= 11 is 17.9. The molecule has 0 aliphatic heterocycles. The predicted octanol–water partition coefficient (Wildman–Crippen LogP) is 3.72. The quantitative estimate of drug-likeness (QED) is 0.224. The normalized spacial score (nSPS) is 11.4. The lowest BCUT2D eigenvalue weighted by atomic mass is 10.1. The second kappa shape index (κ2) is 11.9. The molecule has 6 nitrogen and oxygen atoms in total. The van der Waals surface area contributed by atoms with Crippen LogP contribution in [0.1, 0.15) is 20.8 Å². The van der Waals surface area contributed by atoms with Crippen LogP contribution in [0.5, 0.6) is 5.75 Å². The van der Waals surface area contributed by atoms with E-state index in [1.165, 1.54) is 0 Å². The summed E-state index contributed by atoms with van der Waals surface area (Å²) in [5.41, 5.74) is -0.277. The number of ether oxygens (including phenoxy) is 1. The lowest BCUT2D eigenvalue weighted by molar-refractivity contribution is -0.121. The minimum atomic E-state index is -0.277. The molecule has 148 valence electrons. The third-order valence-corrected chi connectivity index (χ3v) is 3.54. The van der Waals surface area contributed by atoms with E-state index in [0.29, 0.717) is 39.9 Å². The van der Waals surface area contributed by atoms with Gasteiger partial charge in [0.05, 0.1) is 23.1 Å². The highest BCUT2D eigenvalue weighted by Gasteiger charge is 2.13. The van der Waals surface area contributed by atoms with Gasteiger partial charge in [-0.1, -0.05) is 34.8 Å². The second-order valence-electron chi connectivity index (χ2n) is 6.20. The van der Waals surface area contributed by atoms with Gasteiger partial charge in [-0.3, -0.25) is 9.79 Å². The Kier molecular flexibility index (Phi) is 11.7. The smallest absolute Gasteiger partial charge is 0.239 e. The summed E-state index contributed by atoms with van der Waals surface area (Å²) in [4.78, 5) is 15.8. The molecular formula is C16H24Cl3IN4O2. The first-order valence-electron chi connectivity index (χ1n) is 7.65. The Morgan fingerprint density at radius 2 is 1.73 bits per heavy atom. The lowest BCUT2D eigenvalue weighted by Crippen LogP contribution is -2.48. The van der Waals surface area contributed by atoms with Gasteiger partial charge in [-0.2, -0.15) is 0 Å². The third-order valence-electron chi connectivity index (χ3n) is 2.76. The largest absolute Gasteiger partial charge is 0.489 e. The number of nitrogens with zero attached hydrogens (tertiary/aromatic N) is 1. The fourth-order valence-electron chi connectivity index (χ4n) is 1.84. The van der Waals surface area contributed by atoms with Gasteiger partial charge in [0.1, 0.15) is 6.61 Å². The number of carbonyl (C=O) groups excluding carboxylic acids is 1. The Balaban J connectivity index is 0.00000625. The van der Waals surface area contributed by atoms with Crippen molar-refractivity contribution in [3.05, 3.63) is 27.2 Å². The van der Waals surface area contributed by atoms with Crippen molar-refractivity contribution in [1.29, 1.82) is 0 Å². The molecule has 0 fully saturated rings. The van der Waals surface area contributed by atoms with E-state index in [4.69, 9.17) is 39.5 Å². The van der Waals surface area contributed by atoms with Gasteiger partial charge < -0.3 is 20.7 Å². The number of benzene rings is 1. The molecule has 3 N–H and O–H groups in total. The standard InChI is InChI=1S/C16H23Cl3N4O2.HI/c1-16(2,3)23-13(24)9-22-15(20-4)21-5-6-25-14-11(18)7-10(17)8-12(14)19;/h7-8H,5-6,9H2,1-4H3,(H,23,24)(H2,20,21,22);1H. The average Bonchev–Trinajstić information content (AvgIpc) is 2.46. The molecule has 1 rings (SSSR count). The van der Waals surface area contributed by atoms with E-state index in [1.807, 2.05) is 20.8 Å². The van der Waals surface area contributed by atoms with Crippen LogP contribution in [-0.4, -0.2) is 44.1 Å². The minimum Gasteiger partial charge on any atom is -0.489 e. The van der Waals surface area contributed by atoms with E-state index in [2.05, 4.69) is 20.9 Å². The number of nitrogens with one attached hydrogen (secondary N) is 3. The predicted molar refractivity (Wildman–Crippen MR) is 120 cm³/mol. The molecule has 0 aliphatic rings. The number of hydrogen-bond acceptors (Lipinski definition) is 3. The number of carbonyl (C=O) groups is 1. The van der Waals surface area contributed by atoms with Crippen LogP contribution >= 0.6 is 58.8 Å². The first-order chi connectivity index (χ1) is 11.6. The minimum absolute atomic E-state index is 0. The summed E-state index contributed by atoms with van der Waals surface area (Å²) < 4.78 is 5.56. The van der Waals surface area contributed by atoms with Gasteiger partial charge in [0.2, 0.25) is 5.91 Å². The Hall–Kier alpha value is -0.640. The maximum atomic E-state index is 11.8. The molecule has 0 bridgehead atoms. The van der Waals surface area contributed by atoms with Gasteiger partial charge in [-0.05, 0) is 32.9 Å². The second-order valence-corrected chi connectivity index (χ2v) is 7.45.